The molecule has 172 valence electrons. The Morgan fingerprint density at radius 2 is 1.34 bits per heavy atom. The number of carbonyl (C=O) groups is 1. The Morgan fingerprint density at radius 3 is 1.88 bits per heavy atom. The molecule has 0 aromatic heterocycles. The summed E-state index contributed by atoms with van der Waals surface area (Å²) in [5.74, 6) is 2.83. The van der Waals surface area contributed by atoms with E-state index in [0.717, 1.165) is 36.7 Å². The van der Waals surface area contributed by atoms with Crippen molar-refractivity contribution in [2.75, 3.05) is 34.5 Å². The quantitative estimate of drug-likeness (QED) is 0.236. The van der Waals surface area contributed by atoms with Crippen molar-refractivity contribution in [1.29, 1.82) is 0 Å². The Hall–Kier alpha value is -1.86. The van der Waals surface area contributed by atoms with Gasteiger partial charge in [0.15, 0.2) is 5.52 Å². The first-order chi connectivity index (χ1) is 15.1. The van der Waals surface area contributed by atoms with Crippen LogP contribution in [0.1, 0.15) is 49.9 Å². The molecule has 0 N–H and O–H groups in total. The molecule has 1 atom stereocenters. The zero-order chi connectivity index (χ0) is 22.6. The molecule has 0 heterocycles. The molecule has 0 aliphatic heterocycles. The molecule has 0 saturated heterocycles. The number of unbranched alkanes of at least 4 members (excludes halogenated alkanes) is 2. The molecule has 0 saturated carbocycles. The molecule has 0 aliphatic rings. The fraction of sp³-hybridized carbons (Fsp3) is 0.458. The Bertz CT molecular complexity index is 833. The van der Waals surface area contributed by atoms with Crippen molar-refractivity contribution in [2.45, 2.75) is 39.5 Å². The zero-order valence-corrected chi connectivity index (χ0v) is 20.1. The van der Waals surface area contributed by atoms with Crippen molar-refractivity contribution in [2.24, 2.45) is 0 Å². The third kappa shape index (κ3) is 7.92. The number of carbonyl (C=O) groups excluding carboxylic acids is 1. The molecule has 0 aliphatic carbocycles. The molecule has 0 amide bonds. The van der Waals surface area contributed by atoms with E-state index in [4.69, 9.17) is 23.7 Å². The van der Waals surface area contributed by atoms with Gasteiger partial charge < -0.3 is 23.7 Å². The van der Waals surface area contributed by atoms with Gasteiger partial charge in [0, 0.05) is 23.5 Å². The third-order valence-corrected chi connectivity index (χ3v) is 5.82. The van der Waals surface area contributed by atoms with E-state index in [0.29, 0.717) is 41.8 Å². The van der Waals surface area contributed by atoms with Gasteiger partial charge in [0.25, 0.3) is 0 Å². The molecule has 0 spiro atoms. The molecule has 2 rings (SSSR count). The normalized spacial score (nSPS) is 10.5. The minimum absolute atomic E-state index is 0. The van der Waals surface area contributed by atoms with Gasteiger partial charge in [-0.05, 0) is 33.6 Å². The average molecular weight is 456 g/mol. The average Bonchev–Trinajstić information content (AvgIpc) is 2.79. The fourth-order valence-electron chi connectivity index (χ4n) is 2.89. The summed E-state index contributed by atoms with van der Waals surface area (Å²) in [4.78, 5) is 13.3. The first-order valence-electron chi connectivity index (χ1n) is 10.6. The van der Waals surface area contributed by atoms with Gasteiger partial charge in [-0.15, -0.1) is 0 Å². The number of hydrogen-bond donors (Lipinski definition) is 0. The second-order valence-corrected chi connectivity index (χ2v) is 8.17. The second-order valence-electron chi connectivity index (χ2n) is 6.92. The van der Waals surface area contributed by atoms with Crippen molar-refractivity contribution in [1.82, 2.24) is 0 Å². The Balaban J connectivity index is 0.00000512. The standard InChI is InChI=1S/C24H33O6P.Li.H/c1-6-8-12-29-17-10-11-22(19(14-17)30-13-9-7-2)31-24(25)23-20(27-4)15-18(26-3)16-21(23)28-5;;/h10-11,14-16,31H,6-9,12-13H2,1-5H3;;. The van der Waals surface area contributed by atoms with E-state index in [1.807, 2.05) is 18.2 Å². The number of ether oxygens (including phenoxy) is 5. The van der Waals surface area contributed by atoms with Crippen LogP contribution in [0.4, 0.5) is 0 Å². The van der Waals surface area contributed by atoms with Crippen LogP contribution in [0.2, 0.25) is 0 Å². The summed E-state index contributed by atoms with van der Waals surface area (Å²) in [5, 5.41) is 0.823. The molecular formula is C24H34LiO6P. The van der Waals surface area contributed by atoms with Crippen LogP contribution < -0.4 is 29.0 Å². The van der Waals surface area contributed by atoms with Gasteiger partial charge in [-0.2, -0.15) is 0 Å². The molecule has 0 radical (unpaired) electrons. The van der Waals surface area contributed by atoms with Crippen molar-refractivity contribution >= 4 is 38.3 Å². The van der Waals surface area contributed by atoms with E-state index in [1.165, 1.54) is 14.2 Å². The maximum atomic E-state index is 13.3. The minimum atomic E-state index is -0.159. The summed E-state index contributed by atoms with van der Waals surface area (Å²) in [6, 6.07) is 9.04. The van der Waals surface area contributed by atoms with Crippen LogP contribution in [0.3, 0.4) is 0 Å². The van der Waals surface area contributed by atoms with E-state index < -0.39 is 0 Å². The maximum absolute atomic E-state index is 13.3. The molecular weight excluding hydrogens is 422 g/mol. The van der Waals surface area contributed by atoms with Crippen LogP contribution in [0.25, 0.3) is 0 Å². The number of benzene rings is 2. The number of methoxy groups -OCH3 is 3. The van der Waals surface area contributed by atoms with Crippen molar-refractivity contribution in [3.8, 4) is 28.7 Å². The fourth-order valence-corrected chi connectivity index (χ4v) is 3.94. The van der Waals surface area contributed by atoms with Gasteiger partial charge in [0.2, 0.25) is 0 Å². The predicted octanol–water partition coefficient (Wildman–Crippen LogP) is 4.57. The summed E-state index contributed by atoms with van der Waals surface area (Å²) in [5.41, 5.74) is 0.295. The van der Waals surface area contributed by atoms with E-state index >= 15 is 0 Å². The summed E-state index contributed by atoms with van der Waals surface area (Å²) >= 11 is 0. The van der Waals surface area contributed by atoms with E-state index in [2.05, 4.69) is 13.8 Å². The Morgan fingerprint density at radius 1 is 0.781 bits per heavy atom. The van der Waals surface area contributed by atoms with Gasteiger partial charge >= 0.3 is 18.9 Å². The molecule has 8 heteroatoms. The molecule has 32 heavy (non-hydrogen) atoms. The van der Waals surface area contributed by atoms with Gasteiger partial charge in [-0.1, -0.05) is 26.7 Å². The van der Waals surface area contributed by atoms with Gasteiger partial charge in [-0.25, -0.2) is 0 Å². The summed E-state index contributed by atoms with van der Waals surface area (Å²) in [7, 11) is 4.45. The van der Waals surface area contributed by atoms with Crippen molar-refractivity contribution < 1.29 is 28.5 Å². The monoisotopic (exact) mass is 456 g/mol. The number of hydrogen-bond acceptors (Lipinski definition) is 6. The van der Waals surface area contributed by atoms with Crippen LogP contribution in [-0.4, -0.2) is 58.9 Å². The second kappa shape index (κ2) is 15.1. The first-order valence-corrected chi connectivity index (χ1v) is 11.6. The summed E-state index contributed by atoms with van der Waals surface area (Å²) < 4.78 is 28.0. The molecule has 1 unspecified atom stereocenters. The van der Waals surface area contributed by atoms with Crippen molar-refractivity contribution in [3.05, 3.63) is 35.9 Å². The van der Waals surface area contributed by atoms with Crippen LogP contribution in [-0.2, 0) is 0 Å². The molecule has 0 bridgehead atoms. The van der Waals surface area contributed by atoms with E-state index in [9.17, 15) is 4.79 Å². The van der Waals surface area contributed by atoms with Gasteiger partial charge in [0.05, 0.1) is 34.5 Å². The number of rotatable bonds is 14. The van der Waals surface area contributed by atoms with Crippen molar-refractivity contribution in [3.63, 3.8) is 0 Å². The summed E-state index contributed by atoms with van der Waals surface area (Å²) in [6.45, 7) is 5.49. The van der Waals surface area contributed by atoms with Crippen LogP contribution in [0.5, 0.6) is 28.7 Å². The van der Waals surface area contributed by atoms with E-state index in [1.54, 1.807) is 19.2 Å². The Labute approximate surface area is 205 Å². The van der Waals surface area contributed by atoms with Crippen LogP contribution in [0.15, 0.2) is 30.3 Å². The predicted molar refractivity (Wildman–Crippen MR) is 133 cm³/mol. The Kier molecular flexibility index (Phi) is 13.3. The summed E-state index contributed by atoms with van der Waals surface area (Å²) in [6.07, 6.45) is 4.03. The topological polar surface area (TPSA) is 63.2 Å². The first kappa shape index (κ1) is 28.2. The van der Waals surface area contributed by atoms with Crippen LogP contribution >= 0.6 is 8.58 Å². The van der Waals surface area contributed by atoms with E-state index in [-0.39, 0.29) is 33.0 Å². The van der Waals surface area contributed by atoms with Gasteiger partial charge in [-0.3, -0.25) is 4.79 Å². The van der Waals surface area contributed by atoms with Crippen LogP contribution in [0, 0.1) is 0 Å². The zero-order valence-electron chi connectivity index (χ0n) is 19.1. The third-order valence-electron chi connectivity index (χ3n) is 4.67. The molecule has 2 aromatic carbocycles. The molecule has 2 aromatic rings. The molecule has 6 nitrogen and oxygen atoms in total. The molecule has 0 fully saturated rings. The van der Waals surface area contributed by atoms with Gasteiger partial charge in [0.1, 0.15) is 34.3 Å². The SMILES string of the molecule is CCCCOc1ccc(PC(=O)c2c(OC)cc(OC)cc2OC)c(OCCCC)c1.[LiH].